The minimum Gasteiger partial charge on any atom is -0.494 e. The van der Waals surface area contributed by atoms with Crippen molar-refractivity contribution in [3.05, 3.63) is 35.7 Å². The maximum absolute atomic E-state index is 5.67. The van der Waals surface area contributed by atoms with Crippen molar-refractivity contribution in [3.63, 3.8) is 0 Å². The van der Waals surface area contributed by atoms with E-state index in [4.69, 9.17) is 4.74 Å². The van der Waals surface area contributed by atoms with Gasteiger partial charge >= 0.3 is 0 Å². The van der Waals surface area contributed by atoms with Crippen molar-refractivity contribution >= 4 is 0 Å². The minimum absolute atomic E-state index is 0.181. The Morgan fingerprint density at radius 3 is 2.41 bits per heavy atom. The Balaban J connectivity index is 1.64. The molecule has 7 nitrogen and oxygen atoms in total. The average Bonchev–Trinajstić information content (AvgIpc) is 3.26. The first-order valence-electron chi connectivity index (χ1n) is 11.5. The second-order valence-corrected chi connectivity index (χ2v) is 8.47. The molecule has 1 saturated heterocycles. The summed E-state index contributed by atoms with van der Waals surface area (Å²) in [6, 6.07) is 9.23. The molecule has 4 rings (SSSR count). The molecular weight excluding hydrogens is 364 g/mol. The monoisotopic (exact) mass is 400 g/mol. The maximum atomic E-state index is 5.67. The van der Waals surface area contributed by atoms with Crippen LogP contribution in [-0.4, -0.2) is 59.5 Å². The fourth-order valence-electron chi connectivity index (χ4n) is 5.03. The van der Waals surface area contributed by atoms with Crippen LogP contribution in [0.15, 0.2) is 24.3 Å². The van der Waals surface area contributed by atoms with Crippen molar-refractivity contribution in [1.82, 2.24) is 20.2 Å². The highest BCUT2D eigenvalue weighted by molar-refractivity contribution is 5.30. The molecule has 0 bridgehead atoms. The lowest BCUT2D eigenvalue weighted by atomic mass is 9.95. The second-order valence-electron chi connectivity index (χ2n) is 8.47. The molecule has 0 radical (unpaired) electrons. The summed E-state index contributed by atoms with van der Waals surface area (Å²) in [6.45, 7) is 10.9. The van der Waals surface area contributed by atoms with Crippen molar-refractivity contribution in [3.8, 4) is 5.75 Å². The Bertz CT molecular complexity index is 747. The number of nitrogens with one attached hydrogen (secondary N) is 2. The third kappa shape index (κ3) is 4.61. The summed E-state index contributed by atoms with van der Waals surface area (Å²) >= 11 is 0. The molecular formula is C22H36N6O+2. The van der Waals surface area contributed by atoms with Crippen LogP contribution in [0.5, 0.6) is 5.75 Å². The molecule has 1 aliphatic heterocycles. The molecule has 158 valence electrons. The van der Waals surface area contributed by atoms with Crippen LogP contribution in [0.4, 0.5) is 0 Å². The van der Waals surface area contributed by atoms with E-state index in [2.05, 4.69) is 51.4 Å². The lowest BCUT2D eigenvalue weighted by molar-refractivity contribution is -1.02. The molecule has 1 saturated carbocycles. The van der Waals surface area contributed by atoms with E-state index < -0.39 is 0 Å². The summed E-state index contributed by atoms with van der Waals surface area (Å²) in [6.07, 6.45) is 6.28. The molecule has 2 aliphatic rings. The minimum atomic E-state index is 0.181. The number of benzene rings is 1. The van der Waals surface area contributed by atoms with Gasteiger partial charge in [0.15, 0.2) is 6.04 Å². The van der Waals surface area contributed by atoms with E-state index in [1.54, 1.807) is 9.80 Å². The van der Waals surface area contributed by atoms with Crippen molar-refractivity contribution in [1.29, 1.82) is 0 Å². The molecule has 2 fully saturated rings. The van der Waals surface area contributed by atoms with E-state index in [0.29, 0.717) is 12.6 Å². The molecule has 1 aromatic carbocycles. The fraction of sp³-hybridized carbons (Fsp3) is 0.682. The first-order chi connectivity index (χ1) is 14.3. The van der Waals surface area contributed by atoms with Gasteiger partial charge in [0.2, 0.25) is 5.82 Å². The van der Waals surface area contributed by atoms with Gasteiger partial charge in [0.1, 0.15) is 31.9 Å². The lowest BCUT2D eigenvalue weighted by Gasteiger charge is -2.34. The number of quaternary nitrogens is 2. The zero-order chi connectivity index (χ0) is 20.1. The molecule has 0 unspecified atom stereocenters. The molecule has 1 aliphatic carbocycles. The number of hydrogen-bond acceptors (Lipinski definition) is 4. The first kappa shape index (κ1) is 20.3. The van der Waals surface area contributed by atoms with Crippen LogP contribution in [0.1, 0.15) is 69.4 Å². The quantitative estimate of drug-likeness (QED) is 0.709. The van der Waals surface area contributed by atoms with Gasteiger partial charge in [-0.15, -0.1) is 5.10 Å². The number of hydrogen-bond donors (Lipinski definition) is 2. The third-order valence-electron chi connectivity index (χ3n) is 6.73. The number of ether oxygens (including phenoxy) is 1. The van der Waals surface area contributed by atoms with Gasteiger partial charge in [-0.05, 0) is 61.4 Å². The van der Waals surface area contributed by atoms with Crippen LogP contribution in [0.25, 0.3) is 0 Å². The number of rotatable bonds is 7. The summed E-state index contributed by atoms with van der Waals surface area (Å²) in [5.41, 5.74) is 1.29. The maximum Gasteiger partial charge on any atom is 0.214 e. The molecule has 0 amide bonds. The van der Waals surface area contributed by atoms with E-state index in [1.807, 2.05) is 6.92 Å². The van der Waals surface area contributed by atoms with Crippen LogP contribution in [0.3, 0.4) is 0 Å². The van der Waals surface area contributed by atoms with Crippen molar-refractivity contribution in [2.45, 2.75) is 58.0 Å². The molecule has 1 aromatic heterocycles. The van der Waals surface area contributed by atoms with E-state index in [1.165, 1.54) is 57.3 Å². The van der Waals surface area contributed by atoms with E-state index in [-0.39, 0.29) is 6.04 Å². The van der Waals surface area contributed by atoms with Gasteiger partial charge in [0.25, 0.3) is 0 Å². The smallest absolute Gasteiger partial charge is 0.214 e. The molecule has 1 atom stereocenters. The third-order valence-corrected chi connectivity index (χ3v) is 6.73. The fourth-order valence-corrected chi connectivity index (χ4v) is 5.03. The van der Waals surface area contributed by atoms with Crippen molar-refractivity contribution in [2.24, 2.45) is 0 Å². The number of likely N-dealkylation sites (N-methyl/N-ethyl adjacent to an activating group) is 1. The molecule has 29 heavy (non-hydrogen) atoms. The number of aromatic nitrogens is 4. The number of nitrogens with zero attached hydrogens (tertiary/aromatic N) is 4. The molecule has 7 heteroatoms. The van der Waals surface area contributed by atoms with E-state index in [0.717, 1.165) is 24.7 Å². The Labute approximate surface area is 174 Å². The Hall–Kier alpha value is -1.99. The normalized spacial score (nSPS) is 24.3. The van der Waals surface area contributed by atoms with Gasteiger partial charge in [-0.1, -0.05) is 19.3 Å². The van der Waals surface area contributed by atoms with Crippen LogP contribution in [-0.2, 0) is 0 Å². The average molecular weight is 401 g/mol. The zero-order valence-corrected chi connectivity index (χ0v) is 17.9. The highest BCUT2D eigenvalue weighted by Gasteiger charge is 2.36. The highest BCUT2D eigenvalue weighted by Crippen LogP contribution is 2.30. The topological polar surface area (TPSA) is 61.7 Å². The number of piperazine rings is 1. The first-order valence-corrected chi connectivity index (χ1v) is 11.5. The highest BCUT2D eigenvalue weighted by atomic mass is 16.5. The molecule has 2 heterocycles. The van der Waals surface area contributed by atoms with Gasteiger partial charge < -0.3 is 14.5 Å². The predicted octanol–water partition coefficient (Wildman–Crippen LogP) is 0.470. The van der Waals surface area contributed by atoms with Gasteiger partial charge in [-0.2, -0.15) is 0 Å². The summed E-state index contributed by atoms with van der Waals surface area (Å²) in [5, 5.41) is 13.2. The predicted molar refractivity (Wildman–Crippen MR) is 111 cm³/mol. The molecule has 2 aromatic rings. The van der Waals surface area contributed by atoms with Gasteiger partial charge in [-0.3, -0.25) is 0 Å². The van der Waals surface area contributed by atoms with E-state index in [9.17, 15) is 0 Å². The van der Waals surface area contributed by atoms with Crippen LogP contribution in [0, 0.1) is 0 Å². The van der Waals surface area contributed by atoms with Gasteiger partial charge in [-0.25, -0.2) is 4.68 Å². The standard InChI is InChI=1S/C22H34N6O/c1-3-26-14-16-27(17-15-26)21(18-10-12-20(13-11-18)29-4-2)22-23-24-25-28(22)19-8-6-5-7-9-19/h10-13,19,21H,3-9,14-17H2,1-2H3/p+2/t21-/m0/s1. The zero-order valence-electron chi connectivity index (χ0n) is 17.9. The van der Waals surface area contributed by atoms with Gasteiger partial charge in [0, 0.05) is 5.56 Å². The molecule has 0 spiro atoms. The Morgan fingerprint density at radius 2 is 1.76 bits per heavy atom. The summed E-state index contributed by atoms with van der Waals surface area (Å²) in [5.74, 6) is 1.97. The largest absolute Gasteiger partial charge is 0.494 e. The van der Waals surface area contributed by atoms with Gasteiger partial charge in [0.05, 0.1) is 19.2 Å². The van der Waals surface area contributed by atoms with E-state index >= 15 is 0 Å². The second kappa shape index (κ2) is 9.67. The van der Waals surface area contributed by atoms with Crippen LogP contribution >= 0.6 is 0 Å². The Morgan fingerprint density at radius 1 is 1.03 bits per heavy atom. The number of tetrazole rings is 1. The van der Waals surface area contributed by atoms with Crippen LogP contribution < -0.4 is 14.5 Å². The summed E-state index contributed by atoms with van der Waals surface area (Å²) in [4.78, 5) is 3.28. The van der Waals surface area contributed by atoms with Crippen LogP contribution in [0.2, 0.25) is 0 Å². The molecule has 2 N–H and O–H groups in total. The SMILES string of the molecule is CCOc1ccc([C@@H](c2nnnn2C2CCCCC2)[NH+]2CC[NH+](CC)CC2)cc1. The van der Waals surface area contributed by atoms with Crippen molar-refractivity contribution in [2.75, 3.05) is 39.3 Å². The van der Waals surface area contributed by atoms with Crippen molar-refractivity contribution < 1.29 is 14.5 Å². The Kier molecular flexibility index (Phi) is 6.77. The summed E-state index contributed by atoms with van der Waals surface area (Å²) < 4.78 is 7.83. The summed E-state index contributed by atoms with van der Waals surface area (Å²) in [7, 11) is 0. The lowest BCUT2D eigenvalue weighted by Crippen LogP contribution is -3.28.